The topological polar surface area (TPSA) is 65.5 Å². The number of carbonyl (C=O) groups is 1. The van der Waals surface area contributed by atoms with E-state index in [1.807, 2.05) is 19.1 Å². The summed E-state index contributed by atoms with van der Waals surface area (Å²) in [5.74, 6) is 0.548. The molecule has 0 aliphatic carbocycles. The first kappa shape index (κ1) is 16.4. The molecule has 1 aromatic rings. The number of nitrogens with one attached hydrogen (secondary N) is 1. The van der Waals surface area contributed by atoms with Crippen molar-refractivity contribution in [3.05, 3.63) is 23.9 Å². The van der Waals surface area contributed by atoms with E-state index in [1.165, 1.54) is 0 Å². The summed E-state index contributed by atoms with van der Waals surface area (Å²) in [6.45, 7) is 9.00. The van der Waals surface area contributed by atoms with Crippen LogP contribution in [0.3, 0.4) is 0 Å². The van der Waals surface area contributed by atoms with Crippen LogP contribution >= 0.6 is 0 Å². The van der Waals surface area contributed by atoms with Gasteiger partial charge in [-0.05, 0) is 39.3 Å². The van der Waals surface area contributed by atoms with Crippen molar-refractivity contribution in [1.29, 1.82) is 0 Å². The van der Waals surface area contributed by atoms with E-state index in [0.29, 0.717) is 18.1 Å². The molecule has 20 heavy (non-hydrogen) atoms. The fraction of sp³-hybridized carbons (Fsp3) is 0.600. The van der Waals surface area contributed by atoms with E-state index in [4.69, 9.17) is 0 Å². The van der Waals surface area contributed by atoms with Gasteiger partial charge in [-0.1, -0.05) is 13.0 Å². The second-order valence-corrected chi connectivity index (χ2v) is 5.47. The van der Waals surface area contributed by atoms with E-state index in [9.17, 15) is 9.90 Å². The molecule has 0 aliphatic rings. The first-order valence-electron chi connectivity index (χ1n) is 7.10. The van der Waals surface area contributed by atoms with E-state index in [-0.39, 0.29) is 12.5 Å². The highest BCUT2D eigenvalue weighted by Crippen LogP contribution is 2.11. The molecule has 0 spiro atoms. The number of nitrogens with zero attached hydrogens (tertiary/aromatic N) is 2. The second-order valence-electron chi connectivity index (χ2n) is 5.47. The molecular formula is C15H25N3O2. The molecule has 1 aromatic heterocycles. The van der Waals surface area contributed by atoms with Crippen molar-refractivity contribution in [3.8, 4) is 0 Å². The fourth-order valence-corrected chi connectivity index (χ4v) is 1.86. The average Bonchev–Trinajstić information content (AvgIpc) is 2.41. The summed E-state index contributed by atoms with van der Waals surface area (Å²) in [5, 5.41) is 13.0. The molecule has 5 heteroatoms. The minimum Gasteiger partial charge on any atom is -0.389 e. The second kappa shape index (κ2) is 7.24. The summed E-state index contributed by atoms with van der Waals surface area (Å²) in [6.07, 6.45) is 1.000. The summed E-state index contributed by atoms with van der Waals surface area (Å²) >= 11 is 0. The van der Waals surface area contributed by atoms with Gasteiger partial charge in [0.05, 0.1) is 5.60 Å². The molecule has 5 nitrogen and oxygen atoms in total. The standard InChI is InChI=1S/C15H25N3O2/c1-5-10-16-13-9-7-8-12(17-13)14(19)18(6-2)11-15(3,4)20/h7-9,20H,5-6,10-11H2,1-4H3,(H,16,17). The lowest BCUT2D eigenvalue weighted by molar-refractivity contribution is 0.0311. The van der Waals surface area contributed by atoms with Gasteiger partial charge in [0, 0.05) is 19.6 Å². The van der Waals surface area contributed by atoms with Crippen LogP contribution in [0.1, 0.15) is 44.6 Å². The number of aliphatic hydroxyl groups is 1. The van der Waals surface area contributed by atoms with Gasteiger partial charge in [0.15, 0.2) is 0 Å². The number of hydrogen-bond acceptors (Lipinski definition) is 4. The Bertz CT molecular complexity index is 441. The van der Waals surface area contributed by atoms with E-state index in [1.54, 1.807) is 24.8 Å². The lowest BCUT2D eigenvalue weighted by Crippen LogP contribution is -2.42. The smallest absolute Gasteiger partial charge is 0.272 e. The normalized spacial score (nSPS) is 11.2. The highest BCUT2D eigenvalue weighted by molar-refractivity contribution is 5.92. The fourth-order valence-electron chi connectivity index (χ4n) is 1.86. The number of pyridine rings is 1. The lowest BCUT2D eigenvalue weighted by Gasteiger charge is -2.27. The number of likely N-dealkylation sites (N-methyl/N-ethyl adjacent to an activating group) is 1. The van der Waals surface area contributed by atoms with Gasteiger partial charge in [-0.3, -0.25) is 4.79 Å². The molecule has 0 aliphatic heterocycles. The van der Waals surface area contributed by atoms with Crippen molar-refractivity contribution in [2.45, 2.75) is 39.7 Å². The molecule has 1 rings (SSSR count). The average molecular weight is 279 g/mol. The molecule has 112 valence electrons. The maximum absolute atomic E-state index is 12.4. The van der Waals surface area contributed by atoms with Gasteiger partial charge >= 0.3 is 0 Å². The summed E-state index contributed by atoms with van der Waals surface area (Å²) in [7, 11) is 0. The largest absolute Gasteiger partial charge is 0.389 e. The summed E-state index contributed by atoms with van der Waals surface area (Å²) < 4.78 is 0. The molecule has 0 atom stereocenters. The van der Waals surface area contributed by atoms with Crippen molar-refractivity contribution in [3.63, 3.8) is 0 Å². The molecule has 0 unspecified atom stereocenters. The number of anilines is 1. The van der Waals surface area contributed by atoms with Crippen LogP contribution in [0, 0.1) is 0 Å². The minimum atomic E-state index is -0.913. The van der Waals surface area contributed by atoms with Gasteiger partial charge in [-0.15, -0.1) is 0 Å². The Balaban J connectivity index is 2.84. The molecule has 0 aromatic carbocycles. The van der Waals surface area contributed by atoms with Gasteiger partial charge < -0.3 is 15.3 Å². The zero-order chi connectivity index (χ0) is 15.2. The van der Waals surface area contributed by atoms with E-state index < -0.39 is 5.60 Å². The molecule has 0 saturated carbocycles. The first-order chi connectivity index (χ1) is 9.37. The summed E-state index contributed by atoms with van der Waals surface area (Å²) in [5.41, 5.74) is -0.513. The van der Waals surface area contributed by atoms with Crippen LogP contribution in [-0.2, 0) is 0 Å². The maximum Gasteiger partial charge on any atom is 0.272 e. The predicted octanol–water partition coefficient (Wildman–Crippen LogP) is 2.14. The summed E-state index contributed by atoms with van der Waals surface area (Å²) in [6, 6.07) is 5.36. The number of rotatable bonds is 7. The third-order valence-corrected chi connectivity index (χ3v) is 2.77. The molecule has 0 saturated heterocycles. The molecule has 2 N–H and O–H groups in total. The van der Waals surface area contributed by atoms with Crippen molar-refractivity contribution in [2.24, 2.45) is 0 Å². The van der Waals surface area contributed by atoms with Crippen LogP contribution in [0.15, 0.2) is 18.2 Å². The number of hydrogen-bond donors (Lipinski definition) is 2. The summed E-state index contributed by atoms with van der Waals surface area (Å²) in [4.78, 5) is 18.3. The minimum absolute atomic E-state index is 0.158. The third-order valence-electron chi connectivity index (χ3n) is 2.77. The predicted molar refractivity (Wildman–Crippen MR) is 80.9 cm³/mol. The van der Waals surface area contributed by atoms with Crippen LogP contribution in [-0.4, -0.2) is 46.1 Å². The van der Waals surface area contributed by atoms with E-state index in [2.05, 4.69) is 17.2 Å². The van der Waals surface area contributed by atoms with Gasteiger partial charge in [-0.25, -0.2) is 4.98 Å². The Morgan fingerprint density at radius 2 is 2.10 bits per heavy atom. The van der Waals surface area contributed by atoms with Crippen molar-refractivity contribution in [2.75, 3.05) is 25.0 Å². The molecule has 0 fully saturated rings. The Kier molecular flexibility index (Phi) is 5.95. The lowest BCUT2D eigenvalue weighted by atomic mass is 10.1. The van der Waals surface area contributed by atoms with Crippen molar-refractivity contribution < 1.29 is 9.90 Å². The Morgan fingerprint density at radius 3 is 2.65 bits per heavy atom. The van der Waals surface area contributed by atoms with Gasteiger partial charge in [0.25, 0.3) is 5.91 Å². The molecule has 1 amide bonds. The maximum atomic E-state index is 12.4. The van der Waals surface area contributed by atoms with Crippen LogP contribution in [0.5, 0.6) is 0 Å². The van der Waals surface area contributed by atoms with Crippen LogP contribution in [0.2, 0.25) is 0 Å². The van der Waals surface area contributed by atoms with E-state index >= 15 is 0 Å². The molecule has 0 radical (unpaired) electrons. The monoisotopic (exact) mass is 279 g/mol. The quantitative estimate of drug-likeness (QED) is 0.802. The zero-order valence-electron chi connectivity index (χ0n) is 12.8. The molecule has 0 bridgehead atoms. The SMILES string of the molecule is CCCNc1cccc(C(=O)N(CC)CC(C)(C)O)n1. The van der Waals surface area contributed by atoms with E-state index in [0.717, 1.165) is 13.0 Å². The zero-order valence-corrected chi connectivity index (χ0v) is 12.8. The first-order valence-corrected chi connectivity index (χ1v) is 7.10. The van der Waals surface area contributed by atoms with Gasteiger partial charge in [-0.2, -0.15) is 0 Å². The van der Waals surface area contributed by atoms with Crippen molar-refractivity contribution in [1.82, 2.24) is 9.88 Å². The number of aromatic nitrogens is 1. The third kappa shape index (κ3) is 5.17. The highest BCUT2D eigenvalue weighted by Gasteiger charge is 2.23. The molecular weight excluding hydrogens is 254 g/mol. The Morgan fingerprint density at radius 1 is 1.40 bits per heavy atom. The van der Waals surface area contributed by atoms with Crippen LogP contribution in [0.4, 0.5) is 5.82 Å². The van der Waals surface area contributed by atoms with Crippen LogP contribution < -0.4 is 5.32 Å². The van der Waals surface area contributed by atoms with Gasteiger partial charge in [0.1, 0.15) is 11.5 Å². The van der Waals surface area contributed by atoms with Crippen LogP contribution in [0.25, 0.3) is 0 Å². The van der Waals surface area contributed by atoms with Crippen molar-refractivity contribution >= 4 is 11.7 Å². The molecule has 1 heterocycles. The van der Waals surface area contributed by atoms with Gasteiger partial charge in [0.2, 0.25) is 0 Å². The Hall–Kier alpha value is -1.62. The Labute approximate surface area is 121 Å². The number of amides is 1. The highest BCUT2D eigenvalue weighted by atomic mass is 16.3. The number of carbonyl (C=O) groups excluding carboxylic acids is 1.